The predicted molar refractivity (Wildman–Crippen MR) is 125 cm³/mol. The van der Waals surface area contributed by atoms with Crippen LogP contribution in [0.25, 0.3) is 0 Å². The lowest BCUT2D eigenvalue weighted by atomic mass is 10.1. The molecule has 0 amide bonds. The van der Waals surface area contributed by atoms with Crippen molar-refractivity contribution in [3.63, 3.8) is 0 Å². The van der Waals surface area contributed by atoms with Crippen molar-refractivity contribution >= 4 is 11.9 Å². The molecule has 0 radical (unpaired) electrons. The van der Waals surface area contributed by atoms with E-state index in [1.807, 2.05) is 0 Å². The van der Waals surface area contributed by atoms with Crippen LogP contribution in [0.3, 0.4) is 0 Å². The highest BCUT2D eigenvalue weighted by Gasteiger charge is 2.60. The maximum atomic E-state index is 13.2. The van der Waals surface area contributed by atoms with Gasteiger partial charge >= 0.3 is 11.9 Å². The number of hydrogen-bond donors (Lipinski definition) is 0. The Bertz CT molecular complexity index is 1210. The lowest BCUT2D eigenvalue weighted by Crippen LogP contribution is -2.38. The normalized spacial score (nSPS) is 38.4. The Morgan fingerprint density at radius 3 is 1.55 bits per heavy atom. The van der Waals surface area contributed by atoms with Gasteiger partial charge in [-0.05, 0) is 27.7 Å². The van der Waals surface area contributed by atoms with Crippen molar-refractivity contribution in [1.82, 2.24) is 30.0 Å². The Kier molecular flexibility index (Phi) is 5.99. The number of hydrogen-bond acceptors (Lipinski definition) is 14. The highest BCUT2D eigenvalue weighted by atomic mass is 16.8. The number of cyclic esters (lactones) is 2. The van der Waals surface area contributed by atoms with E-state index in [2.05, 4.69) is 20.6 Å². The molecule has 0 aromatic carbocycles. The summed E-state index contributed by atoms with van der Waals surface area (Å²) in [5, 5.41) is 16.8. The van der Waals surface area contributed by atoms with Crippen LogP contribution in [0.5, 0.6) is 0 Å². The Labute approximate surface area is 228 Å². The summed E-state index contributed by atoms with van der Waals surface area (Å²) in [5.74, 6) is -2.97. The molecular formula is C24H30N6O10. The summed E-state index contributed by atoms with van der Waals surface area (Å²) in [6.07, 6.45) is -1.00. The maximum Gasteiger partial charge on any atom is 0.337 e. The minimum Gasteiger partial charge on any atom is -0.463 e. The first-order chi connectivity index (χ1) is 19.1. The molecule has 1 unspecified atom stereocenters. The van der Waals surface area contributed by atoms with Crippen LogP contribution in [0.4, 0.5) is 0 Å². The van der Waals surface area contributed by atoms with Gasteiger partial charge in [-0.25, -0.2) is 19.0 Å². The molecule has 2 aromatic rings. The van der Waals surface area contributed by atoms with E-state index in [4.69, 9.17) is 37.9 Å². The molecule has 0 N–H and O–H groups in total. The number of carbonyl (C=O) groups excluding carboxylic acids is 2. The molecule has 4 bridgehead atoms. The van der Waals surface area contributed by atoms with Gasteiger partial charge in [-0.2, -0.15) is 0 Å². The number of nitrogens with zero attached hydrogens (tertiary/aromatic N) is 6. The molecule has 2 aromatic heterocycles. The van der Waals surface area contributed by atoms with E-state index < -0.39 is 72.6 Å². The third kappa shape index (κ3) is 4.48. The van der Waals surface area contributed by atoms with Crippen LogP contribution in [0.15, 0.2) is 12.4 Å². The van der Waals surface area contributed by atoms with Crippen LogP contribution in [-0.2, 0) is 60.3 Å². The molecule has 7 heterocycles. The first-order valence-corrected chi connectivity index (χ1v) is 13.2. The van der Waals surface area contributed by atoms with Gasteiger partial charge in [-0.15, -0.1) is 10.2 Å². The van der Waals surface area contributed by atoms with Crippen LogP contribution < -0.4 is 0 Å². The van der Waals surface area contributed by atoms with Crippen molar-refractivity contribution in [3.05, 3.63) is 23.8 Å². The molecule has 5 aliphatic heterocycles. The van der Waals surface area contributed by atoms with Gasteiger partial charge in [0.05, 0.1) is 24.6 Å². The summed E-state index contributed by atoms with van der Waals surface area (Å²) < 4.78 is 49.8. The zero-order valence-corrected chi connectivity index (χ0v) is 22.4. The van der Waals surface area contributed by atoms with Crippen LogP contribution in [0.2, 0.25) is 0 Å². The molecule has 7 rings (SSSR count). The topological polar surface area (TPSA) is 169 Å². The fourth-order valence-corrected chi connectivity index (χ4v) is 5.77. The summed E-state index contributed by atoms with van der Waals surface area (Å²) in [6.45, 7) is 7.09. The number of aromatic nitrogens is 6. The molecule has 16 nitrogen and oxygen atoms in total. The third-order valence-corrected chi connectivity index (χ3v) is 7.43. The lowest BCUT2D eigenvalue weighted by molar-refractivity contribution is -0.215. The van der Waals surface area contributed by atoms with E-state index in [0.29, 0.717) is 11.4 Å². The van der Waals surface area contributed by atoms with Gasteiger partial charge < -0.3 is 37.9 Å². The van der Waals surface area contributed by atoms with Crippen LogP contribution in [0.1, 0.15) is 51.2 Å². The number of esters is 2. The van der Waals surface area contributed by atoms with Crippen molar-refractivity contribution in [2.75, 3.05) is 13.2 Å². The first-order valence-electron chi connectivity index (χ1n) is 13.2. The molecule has 216 valence electrons. The minimum absolute atomic E-state index is 0.0145. The smallest absolute Gasteiger partial charge is 0.337 e. The fraction of sp³-hybridized carbons (Fsp3) is 0.750. The highest BCUT2D eigenvalue weighted by molar-refractivity contribution is 5.76. The molecule has 4 fully saturated rings. The van der Waals surface area contributed by atoms with Gasteiger partial charge in [-0.3, -0.25) is 0 Å². The summed E-state index contributed by atoms with van der Waals surface area (Å²) >= 11 is 0. The Morgan fingerprint density at radius 1 is 0.700 bits per heavy atom. The maximum absolute atomic E-state index is 13.2. The van der Waals surface area contributed by atoms with Gasteiger partial charge in [-0.1, -0.05) is 10.4 Å². The molecule has 0 aliphatic carbocycles. The average molecular weight is 563 g/mol. The molecule has 5 aliphatic rings. The first kappa shape index (κ1) is 25.9. The van der Waals surface area contributed by atoms with E-state index in [1.165, 1.54) is 9.36 Å². The molecule has 16 heteroatoms. The van der Waals surface area contributed by atoms with Gasteiger partial charge in [0.25, 0.3) is 0 Å². The van der Waals surface area contributed by atoms with Gasteiger partial charge in [0.2, 0.25) is 0 Å². The van der Waals surface area contributed by atoms with Crippen molar-refractivity contribution in [2.45, 2.75) is 101 Å². The largest absolute Gasteiger partial charge is 0.463 e. The Balaban J connectivity index is 1.16. The molecule has 0 saturated carbocycles. The van der Waals surface area contributed by atoms with Crippen molar-refractivity contribution < 1.29 is 47.5 Å². The molecule has 4 saturated heterocycles. The average Bonchev–Trinajstić information content (AvgIpc) is 3.69. The van der Waals surface area contributed by atoms with E-state index in [0.717, 1.165) is 0 Å². The molecule has 8 atom stereocenters. The van der Waals surface area contributed by atoms with Gasteiger partial charge in [0, 0.05) is 25.2 Å². The van der Waals surface area contributed by atoms with Crippen molar-refractivity contribution in [1.29, 1.82) is 0 Å². The van der Waals surface area contributed by atoms with Crippen LogP contribution in [0, 0.1) is 0 Å². The van der Waals surface area contributed by atoms with Gasteiger partial charge in [0.15, 0.2) is 36.4 Å². The van der Waals surface area contributed by atoms with E-state index in [-0.39, 0.29) is 26.1 Å². The zero-order chi connectivity index (χ0) is 27.8. The second-order valence-corrected chi connectivity index (χ2v) is 11.2. The molecular weight excluding hydrogens is 532 g/mol. The second-order valence-electron chi connectivity index (χ2n) is 11.2. The Morgan fingerprint density at radius 2 is 1.12 bits per heavy atom. The molecule has 0 spiro atoms. The number of carbonyl (C=O) groups is 2. The lowest BCUT2D eigenvalue weighted by Gasteiger charge is -2.25. The van der Waals surface area contributed by atoms with E-state index >= 15 is 0 Å². The summed E-state index contributed by atoms with van der Waals surface area (Å²) in [5.41, 5.74) is 1.08. The summed E-state index contributed by atoms with van der Waals surface area (Å²) in [6, 6.07) is -1.36. The van der Waals surface area contributed by atoms with Crippen LogP contribution in [-0.4, -0.2) is 104 Å². The monoisotopic (exact) mass is 562 g/mol. The number of ether oxygens (including phenoxy) is 8. The number of fused-ring (bicyclic) bond motifs is 12. The van der Waals surface area contributed by atoms with Crippen molar-refractivity contribution in [3.8, 4) is 0 Å². The molecule has 40 heavy (non-hydrogen) atoms. The van der Waals surface area contributed by atoms with E-state index in [9.17, 15) is 9.59 Å². The Hall–Kier alpha value is -3.02. The zero-order valence-electron chi connectivity index (χ0n) is 22.4. The summed E-state index contributed by atoms with van der Waals surface area (Å²) in [7, 11) is 0. The number of rotatable bonds is 0. The second kappa shape index (κ2) is 9.25. The standard InChI is InChI=1S/C24H30N6O10/c1-23(2)37-17-13-15(35-21(17)39-23)19(31)33-7-6-12-10-30(28-26-12)14-16(36-22-18(14)38-24(3,4)40-22)20(32)34-8-5-11-9-29(13)27-25-11/h9-10,13-18,21-22H,5-8H2,1-4H3/t13-,14-,15-,16?,17+,18+,21+,22+/m0/s1. The highest BCUT2D eigenvalue weighted by Crippen LogP contribution is 2.44. The predicted octanol–water partition coefficient (Wildman–Crippen LogP) is -0.410. The van der Waals surface area contributed by atoms with E-state index in [1.54, 1.807) is 40.1 Å². The van der Waals surface area contributed by atoms with Crippen LogP contribution >= 0.6 is 0 Å². The quantitative estimate of drug-likeness (QED) is 0.380. The minimum atomic E-state index is -1.04. The third-order valence-electron chi connectivity index (χ3n) is 7.43. The van der Waals surface area contributed by atoms with Crippen molar-refractivity contribution in [2.24, 2.45) is 0 Å². The fourth-order valence-electron chi connectivity index (χ4n) is 5.77. The SMILES string of the molecule is CC1(C)O[C@H]2O[C@@H]3C(=O)OCCc4cn(nn4)[C@H]4C(O[C@@H]5OC(C)(C)O[C@@H]54)C(=O)OCCc4cn(nn4)[C@@H]3[C@H]2O1. The summed E-state index contributed by atoms with van der Waals surface area (Å²) in [4.78, 5) is 26.3. The van der Waals surface area contributed by atoms with Gasteiger partial charge in [0.1, 0.15) is 24.3 Å².